The zero-order valence-electron chi connectivity index (χ0n) is 18.1. The summed E-state index contributed by atoms with van der Waals surface area (Å²) in [6.45, 7) is 2.43. The van der Waals surface area contributed by atoms with Crippen molar-refractivity contribution in [1.82, 2.24) is 10.2 Å². The van der Waals surface area contributed by atoms with E-state index in [-0.39, 0.29) is 5.91 Å². The van der Waals surface area contributed by atoms with Gasteiger partial charge in [0.25, 0.3) is 5.91 Å². The van der Waals surface area contributed by atoms with E-state index in [1.807, 2.05) is 54.6 Å². The number of hydrogen-bond acceptors (Lipinski definition) is 3. The average molecular weight is 415 g/mol. The molecule has 160 valence electrons. The third-order valence-corrected chi connectivity index (χ3v) is 5.96. The molecule has 1 heterocycles. The van der Waals surface area contributed by atoms with E-state index in [0.29, 0.717) is 18.2 Å². The van der Waals surface area contributed by atoms with E-state index in [9.17, 15) is 4.79 Å². The smallest absolute Gasteiger partial charge is 0.251 e. The van der Waals surface area contributed by atoms with Gasteiger partial charge in [0.1, 0.15) is 12.4 Å². The van der Waals surface area contributed by atoms with Gasteiger partial charge in [-0.2, -0.15) is 0 Å². The highest BCUT2D eigenvalue weighted by Gasteiger charge is 2.22. The molecule has 1 amide bonds. The van der Waals surface area contributed by atoms with Gasteiger partial charge in [-0.25, -0.2) is 0 Å². The van der Waals surface area contributed by atoms with E-state index in [4.69, 9.17) is 4.74 Å². The second-order valence-corrected chi connectivity index (χ2v) is 8.16. The standard InChI is InChI=1S/C27H30N2O2/c1-29(25-19-24-11-5-6-12-26(24)31-20-25)18-8-7-17-28-27(30)23-15-13-22(14-16-23)21-9-3-2-4-10-21/h2-6,9-16,25H,7-8,17-20H2,1H3,(H,28,30)/t25-/m1/s1. The minimum atomic E-state index is -0.00902. The van der Waals surface area contributed by atoms with Gasteiger partial charge in [0, 0.05) is 18.2 Å². The van der Waals surface area contributed by atoms with E-state index >= 15 is 0 Å². The Labute approximate surface area is 184 Å². The van der Waals surface area contributed by atoms with Crippen LogP contribution in [0.5, 0.6) is 5.75 Å². The summed E-state index contributed by atoms with van der Waals surface area (Å²) in [6, 6.07) is 26.7. The Kier molecular flexibility index (Phi) is 7.00. The predicted octanol–water partition coefficient (Wildman–Crippen LogP) is 4.80. The molecule has 0 bridgehead atoms. The van der Waals surface area contributed by atoms with Crippen molar-refractivity contribution >= 4 is 5.91 Å². The molecule has 4 heteroatoms. The van der Waals surface area contributed by atoms with Crippen molar-refractivity contribution in [2.24, 2.45) is 0 Å². The van der Waals surface area contributed by atoms with Gasteiger partial charge in [0.15, 0.2) is 0 Å². The van der Waals surface area contributed by atoms with Gasteiger partial charge >= 0.3 is 0 Å². The van der Waals surface area contributed by atoms with Gasteiger partial charge < -0.3 is 10.1 Å². The number of likely N-dealkylation sites (N-methyl/N-ethyl adjacent to an activating group) is 1. The number of amides is 1. The zero-order valence-corrected chi connectivity index (χ0v) is 18.1. The minimum absolute atomic E-state index is 0.00902. The Balaban J connectivity index is 1.17. The van der Waals surface area contributed by atoms with Gasteiger partial charge in [-0.3, -0.25) is 9.69 Å². The van der Waals surface area contributed by atoms with Crippen LogP contribution in [-0.4, -0.2) is 43.6 Å². The number of para-hydroxylation sites is 1. The molecule has 0 saturated carbocycles. The predicted molar refractivity (Wildman–Crippen MR) is 126 cm³/mol. The van der Waals surface area contributed by atoms with Gasteiger partial charge in [-0.05, 0) is 67.7 Å². The van der Waals surface area contributed by atoms with Crippen molar-refractivity contribution in [3.8, 4) is 16.9 Å². The Morgan fingerprint density at radius 1 is 0.935 bits per heavy atom. The first-order valence-electron chi connectivity index (χ1n) is 11.1. The van der Waals surface area contributed by atoms with Crippen LogP contribution in [-0.2, 0) is 6.42 Å². The number of ether oxygens (including phenoxy) is 1. The molecule has 0 radical (unpaired) electrons. The van der Waals surface area contributed by atoms with Gasteiger partial charge in [-0.15, -0.1) is 0 Å². The minimum Gasteiger partial charge on any atom is -0.492 e. The van der Waals surface area contributed by atoms with Crippen LogP contribution in [0.15, 0.2) is 78.9 Å². The van der Waals surface area contributed by atoms with E-state index < -0.39 is 0 Å². The molecule has 0 aromatic heterocycles. The SMILES string of the molecule is CN(CCCCNC(=O)c1ccc(-c2ccccc2)cc1)[C@H]1COc2ccccc2C1. The Morgan fingerprint density at radius 2 is 1.65 bits per heavy atom. The lowest BCUT2D eigenvalue weighted by Gasteiger charge is -2.32. The maximum Gasteiger partial charge on any atom is 0.251 e. The molecule has 0 saturated heterocycles. The van der Waals surface area contributed by atoms with Crippen molar-refractivity contribution in [1.29, 1.82) is 0 Å². The summed E-state index contributed by atoms with van der Waals surface area (Å²) >= 11 is 0. The number of fused-ring (bicyclic) bond motifs is 1. The zero-order chi connectivity index (χ0) is 21.5. The summed E-state index contributed by atoms with van der Waals surface area (Å²) in [5.74, 6) is 1.01. The van der Waals surface area contributed by atoms with E-state index in [1.54, 1.807) is 0 Å². The molecule has 1 aliphatic rings. The highest BCUT2D eigenvalue weighted by Crippen LogP contribution is 2.25. The molecular weight excluding hydrogens is 384 g/mol. The van der Waals surface area contributed by atoms with Crippen LogP contribution in [0.3, 0.4) is 0 Å². The largest absolute Gasteiger partial charge is 0.492 e. The Bertz CT molecular complexity index is 986. The van der Waals surface area contributed by atoms with Gasteiger partial charge in [-0.1, -0.05) is 60.7 Å². The number of hydrogen-bond donors (Lipinski definition) is 1. The number of carbonyl (C=O) groups excluding carboxylic acids is 1. The first-order valence-corrected chi connectivity index (χ1v) is 11.1. The number of benzene rings is 3. The summed E-state index contributed by atoms with van der Waals surface area (Å²) in [7, 11) is 2.16. The van der Waals surface area contributed by atoms with Crippen LogP contribution >= 0.6 is 0 Å². The van der Waals surface area contributed by atoms with Crippen molar-refractivity contribution in [3.05, 3.63) is 90.0 Å². The fraction of sp³-hybridized carbons (Fsp3) is 0.296. The number of carbonyl (C=O) groups is 1. The highest BCUT2D eigenvalue weighted by molar-refractivity contribution is 5.94. The summed E-state index contributed by atoms with van der Waals surface area (Å²) in [4.78, 5) is 14.8. The van der Waals surface area contributed by atoms with Crippen LogP contribution in [0.4, 0.5) is 0 Å². The molecule has 1 aliphatic heterocycles. The molecule has 0 unspecified atom stereocenters. The Hall–Kier alpha value is -3.11. The molecule has 31 heavy (non-hydrogen) atoms. The topological polar surface area (TPSA) is 41.6 Å². The molecule has 3 aromatic rings. The summed E-state index contributed by atoms with van der Waals surface area (Å²) in [5, 5.41) is 3.04. The van der Waals surface area contributed by atoms with Crippen molar-refractivity contribution < 1.29 is 9.53 Å². The number of nitrogens with zero attached hydrogens (tertiary/aromatic N) is 1. The molecular formula is C27H30N2O2. The number of nitrogens with one attached hydrogen (secondary N) is 1. The maximum absolute atomic E-state index is 12.4. The Morgan fingerprint density at radius 3 is 2.45 bits per heavy atom. The quantitative estimate of drug-likeness (QED) is 0.539. The van der Waals surface area contributed by atoms with Crippen LogP contribution in [0.2, 0.25) is 0 Å². The molecule has 3 aromatic carbocycles. The van der Waals surface area contributed by atoms with E-state index in [2.05, 4.69) is 41.5 Å². The van der Waals surface area contributed by atoms with Crippen LogP contribution in [0, 0.1) is 0 Å². The third kappa shape index (κ3) is 5.53. The highest BCUT2D eigenvalue weighted by atomic mass is 16.5. The van der Waals surface area contributed by atoms with Crippen LogP contribution < -0.4 is 10.1 Å². The van der Waals surface area contributed by atoms with E-state index in [0.717, 1.165) is 49.3 Å². The lowest BCUT2D eigenvalue weighted by molar-refractivity contribution is 0.0952. The first kappa shape index (κ1) is 21.1. The van der Waals surface area contributed by atoms with Crippen molar-refractivity contribution in [2.45, 2.75) is 25.3 Å². The third-order valence-electron chi connectivity index (χ3n) is 5.96. The average Bonchev–Trinajstić information content (AvgIpc) is 2.84. The van der Waals surface area contributed by atoms with Crippen molar-refractivity contribution in [2.75, 3.05) is 26.7 Å². The van der Waals surface area contributed by atoms with Crippen LogP contribution in [0.25, 0.3) is 11.1 Å². The second-order valence-electron chi connectivity index (χ2n) is 8.16. The van der Waals surface area contributed by atoms with Gasteiger partial charge in [0.05, 0.1) is 0 Å². The summed E-state index contributed by atoms with van der Waals surface area (Å²) in [6.07, 6.45) is 3.03. The molecule has 0 fully saturated rings. The van der Waals surface area contributed by atoms with E-state index in [1.165, 1.54) is 5.56 Å². The molecule has 4 nitrogen and oxygen atoms in total. The first-order chi connectivity index (χ1) is 15.2. The molecule has 1 atom stereocenters. The normalized spacial score (nSPS) is 15.2. The monoisotopic (exact) mass is 414 g/mol. The number of unbranched alkanes of at least 4 members (excludes halogenated alkanes) is 1. The summed E-state index contributed by atoms with van der Waals surface area (Å²) in [5.41, 5.74) is 4.27. The fourth-order valence-corrected chi connectivity index (χ4v) is 4.01. The lowest BCUT2D eigenvalue weighted by Crippen LogP contribution is -2.41. The molecule has 1 N–H and O–H groups in total. The van der Waals surface area contributed by atoms with Crippen LogP contribution in [0.1, 0.15) is 28.8 Å². The second kappa shape index (κ2) is 10.3. The van der Waals surface area contributed by atoms with Crippen molar-refractivity contribution in [3.63, 3.8) is 0 Å². The van der Waals surface area contributed by atoms with Gasteiger partial charge in [0.2, 0.25) is 0 Å². The summed E-state index contributed by atoms with van der Waals surface area (Å²) < 4.78 is 5.90. The molecule has 0 aliphatic carbocycles. The molecule has 0 spiro atoms. The molecule has 4 rings (SSSR count). The lowest BCUT2D eigenvalue weighted by atomic mass is 10.0. The fourth-order valence-electron chi connectivity index (χ4n) is 4.01. The number of rotatable bonds is 8. The maximum atomic E-state index is 12.4.